The predicted octanol–water partition coefficient (Wildman–Crippen LogP) is 2.89. The van der Waals surface area contributed by atoms with Crippen molar-refractivity contribution in [2.24, 2.45) is 0 Å². The first kappa shape index (κ1) is 11.9. The molecule has 0 unspecified atom stereocenters. The fraction of sp³-hybridized carbons (Fsp3) is 0. The van der Waals surface area contributed by atoms with E-state index in [0.717, 1.165) is 15.5 Å². The van der Waals surface area contributed by atoms with Gasteiger partial charge in [0, 0.05) is 20.2 Å². The van der Waals surface area contributed by atoms with Gasteiger partial charge in [0.15, 0.2) is 0 Å². The Hall–Kier alpha value is -1.88. The van der Waals surface area contributed by atoms with Gasteiger partial charge in [-0.25, -0.2) is 0 Å². The molecule has 0 aliphatic heterocycles. The summed E-state index contributed by atoms with van der Waals surface area (Å²) in [4.78, 5) is 0. The van der Waals surface area contributed by atoms with E-state index in [1.54, 1.807) is 17.4 Å². The number of thiophene rings is 1. The molecule has 0 radical (unpaired) electrons. The third kappa shape index (κ3) is 1.59. The average Bonchev–Trinajstić information content (AvgIpc) is 2.86. The highest BCUT2D eigenvalue weighted by molar-refractivity contribution is 7.27. The van der Waals surface area contributed by atoms with Gasteiger partial charge in [0.05, 0.1) is 0 Å². The van der Waals surface area contributed by atoms with Crippen molar-refractivity contribution in [1.29, 1.82) is 0 Å². The highest BCUT2D eigenvalue weighted by Gasteiger charge is 2.18. The molecule has 3 aromatic carbocycles. The molecule has 0 aliphatic rings. The molecule has 2 nitrogen and oxygen atoms in total. The van der Waals surface area contributed by atoms with Gasteiger partial charge in [-0.3, -0.25) is 0 Å². The number of hydrogen-bond acceptors (Lipinski definition) is 3. The van der Waals surface area contributed by atoms with E-state index in [9.17, 15) is 10.0 Å². The van der Waals surface area contributed by atoms with Crippen LogP contribution in [0.1, 0.15) is 0 Å². The number of benzene rings is 3. The molecule has 1 aromatic heterocycles. The summed E-state index contributed by atoms with van der Waals surface area (Å²) in [5.41, 5.74) is 0.573. The minimum absolute atomic E-state index is 0.573. The van der Waals surface area contributed by atoms with E-state index in [2.05, 4.69) is 24.3 Å². The molecule has 0 bridgehead atoms. The van der Waals surface area contributed by atoms with Gasteiger partial charge in [-0.05, 0) is 22.3 Å². The Morgan fingerprint density at radius 1 is 0.800 bits per heavy atom. The number of rotatable bonds is 1. The zero-order valence-electron chi connectivity index (χ0n) is 10.6. The summed E-state index contributed by atoms with van der Waals surface area (Å²) in [6, 6.07) is 18.1. The average molecular weight is 278 g/mol. The molecule has 4 rings (SSSR count). The van der Waals surface area contributed by atoms with Crippen LogP contribution in [0.3, 0.4) is 0 Å². The second-order valence-corrected chi connectivity index (χ2v) is 5.91. The van der Waals surface area contributed by atoms with Gasteiger partial charge >= 0.3 is 7.12 Å². The zero-order chi connectivity index (χ0) is 13.7. The fourth-order valence-electron chi connectivity index (χ4n) is 2.80. The molecule has 0 spiro atoms. The van der Waals surface area contributed by atoms with Crippen molar-refractivity contribution in [2.75, 3.05) is 0 Å². The largest absolute Gasteiger partial charge is 0.489 e. The summed E-state index contributed by atoms with van der Waals surface area (Å²) < 4.78 is 2.29. The first-order chi connectivity index (χ1) is 9.75. The van der Waals surface area contributed by atoms with Crippen LogP contribution in [0.5, 0.6) is 0 Å². The van der Waals surface area contributed by atoms with Crippen LogP contribution >= 0.6 is 11.3 Å². The van der Waals surface area contributed by atoms with Crippen LogP contribution in [-0.4, -0.2) is 17.2 Å². The van der Waals surface area contributed by atoms with Gasteiger partial charge in [0.2, 0.25) is 0 Å². The number of hydrogen-bond donors (Lipinski definition) is 2. The summed E-state index contributed by atoms with van der Waals surface area (Å²) in [7, 11) is -1.44. The van der Waals surface area contributed by atoms with E-state index in [-0.39, 0.29) is 0 Å². The Labute approximate surface area is 120 Å². The van der Waals surface area contributed by atoms with Crippen LogP contribution in [-0.2, 0) is 0 Å². The molecule has 1 heterocycles. The third-order valence-corrected chi connectivity index (χ3v) is 4.90. The van der Waals surface area contributed by atoms with E-state index >= 15 is 0 Å². The van der Waals surface area contributed by atoms with Gasteiger partial charge in [0.1, 0.15) is 0 Å². The van der Waals surface area contributed by atoms with Crippen LogP contribution in [0, 0.1) is 0 Å². The van der Waals surface area contributed by atoms with Crippen LogP contribution in [0.4, 0.5) is 0 Å². The molecular formula is C16H11BO2S. The standard InChI is InChI=1S/C16H11BO2S/c18-17(19)13-6-3-7-14-15(13)12-9-8-10-4-1-2-5-11(10)16(12)20-14/h1-9,18-19H. The SMILES string of the molecule is OB(O)c1cccc2sc3c4ccccc4ccc3c12. The van der Waals surface area contributed by atoms with E-state index in [0.29, 0.717) is 5.46 Å². The molecule has 0 atom stereocenters. The molecular weight excluding hydrogens is 267 g/mol. The van der Waals surface area contributed by atoms with Crippen LogP contribution in [0.15, 0.2) is 54.6 Å². The molecule has 4 heteroatoms. The lowest BCUT2D eigenvalue weighted by Crippen LogP contribution is -2.30. The van der Waals surface area contributed by atoms with Crippen molar-refractivity contribution in [3.63, 3.8) is 0 Å². The van der Waals surface area contributed by atoms with Crippen molar-refractivity contribution in [2.45, 2.75) is 0 Å². The second-order valence-electron chi connectivity index (χ2n) is 4.86. The lowest BCUT2D eigenvalue weighted by atomic mass is 9.77. The monoisotopic (exact) mass is 278 g/mol. The summed E-state index contributed by atoms with van der Waals surface area (Å²) in [6.45, 7) is 0. The Morgan fingerprint density at radius 3 is 2.50 bits per heavy atom. The normalized spacial score (nSPS) is 11.5. The maximum atomic E-state index is 9.57. The highest BCUT2D eigenvalue weighted by Crippen LogP contribution is 2.37. The van der Waals surface area contributed by atoms with Crippen molar-refractivity contribution < 1.29 is 10.0 Å². The minimum atomic E-state index is -1.44. The predicted molar refractivity (Wildman–Crippen MR) is 86.7 cm³/mol. The summed E-state index contributed by atoms with van der Waals surface area (Å²) in [5, 5.41) is 23.6. The molecule has 0 fully saturated rings. The first-order valence-electron chi connectivity index (χ1n) is 6.45. The molecule has 0 saturated heterocycles. The van der Waals surface area contributed by atoms with Crippen LogP contribution < -0.4 is 5.46 Å². The van der Waals surface area contributed by atoms with Gasteiger partial charge in [-0.1, -0.05) is 48.5 Å². The van der Waals surface area contributed by atoms with E-state index < -0.39 is 7.12 Å². The fourth-order valence-corrected chi connectivity index (χ4v) is 4.07. The summed E-state index contributed by atoms with van der Waals surface area (Å²) >= 11 is 1.70. The highest BCUT2D eigenvalue weighted by atomic mass is 32.1. The maximum Gasteiger partial charge on any atom is 0.489 e. The molecule has 4 aromatic rings. The molecule has 0 aliphatic carbocycles. The Morgan fingerprint density at radius 2 is 1.65 bits per heavy atom. The smallest absolute Gasteiger partial charge is 0.423 e. The van der Waals surface area contributed by atoms with Gasteiger partial charge < -0.3 is 10.0 Å². The van der Waals surface area contributed by atoms with Crippen LogP contribution in [0.25, 0.3) is 30.9 Å². The van der Waals surface area contributed by atoms with E-state index in [1.807, 2.05) is 24.3 Å². The molecule has 96 valence electrons. The quantitative estimate of drug-likeness (QED) is 0.526. The lowest BCUT2D eigenvalue weighted by molar-refractivity contribution is 0.426. The number of fused-ring (bicyclic) bond motifs is 5. The Balaban J connectivity index is 2.26. The third-order valence-electron chi connectivity index (χ3n) is 3.70. The summed E-state index contributed by atoms with van der Waals surface area (Å²) in [5.74, 6) is 0. The van der Waals surface area contributed by atoms with Crippen molar-refractivity contribution in [1.82, 2.24) is 0 Å². The van der Waals surface area contributed by atoms with Crippen LogP contribution in [0.2, 0.25) is 0 Å². The Kier molecular flexibility index (Phi) is 2.57. The van der Waals surface area contributed by atoms with Gasteiger partial charge in [-0.2, -0.15) is 0 Å². The van der Waals surface area contributed by atoms with Crippen molar-refractivity contribution >= 4 is 54.9 Å². The van der Waals surface area contributed by atoms with E-state index in [4.69, 9.17) is 0 Å². The second kappa shape index (κ2) is 4.31. The molecule has 0 amide bonds. The topological polar surface area (TPSA) is 40.5 Å². The lowest BCUT2D eigenvalue weighted by Gasteiger charge is -2.03. The molecule has 2 N–H and O–H groups in total. The van der Waals surface area contributed by atoms with E-state index in [1.165, 1.54) is 15.5 Å². The first-order valence-corrected chi connectivity index (χ1v) is 7.26. The maximum absolute atomic E-state index is 9.57. The summed E-state index contributed by atoms with van der Waals surface area (Å²) in [6.07, 6.45) is 0. The van der Waals surface area contributed by atoms with Gasteiger partial charge in [-0.15, -0.1) is 11.3 Å². The Bertz CT molecular complexity index is 943. The van der Waals surface area contributed by atoms with Crippen molar-refractivity contribution in [3.8, 4) is 0 Å². The zero-order valence-corrected chi connectivity index (χ0v) is 11.4. The molecule has 20 heavy (non-hydrogen) atoms. The van der Waals surface area contributed by atoms with Gasteiger partial charge in [0.25, 0.3) is 0 Å². The minimum Gasteiger partial charge on any atom is -0.423 e. The molecule has 0 saturated carbocycles. The van der Waals surface area contributed by atoms with Crippen molar-refractivity contribution in [3.05, 3.63) is 54.6 Å².